The summed E-state index contributed by atoms with van der Waals surface area (Å²) in [5.74, 6) is 0.265. The van der Waals surface area contributed by atoms with Gasteiger partial charge in [0, 0.05) is 19.3 Å². The highest BCUT2D eigenvalue weighted by atomic mass is 16.5. The number of ether oxygens (including phenoxy) is 1. The van der Waals surface area contributed by atoms with Crippen LogP contribution in [0.15, 0.2) is 23.1 Å². The third-order valence-electron chi connectivity index (χ3n) is 3.35. The lowest BCUT2D eigenvalue weighted by Crippen LogP contribution is -2.37. The Labute approximate surface area is 106 Å². The van der Waals surface area contributed by atoms with Gasteiger partial charge in [-0.3, -0.25) is 9.59 Å². The molecular formula is C13H18N2O3. The molecule has 1 aromatic heterocycles. The Morgan fingerprint density at radius 2 is 2.06 bits per heavy atom. The normalized spacial score (nSPS) is 16.7. The molecule has 0 radical (unpaired) electrons. The SMILES string of the molecule is COc1cccn([C@H](C)C(=O)N2CCCC2)c1=O. The molecule has 0 N–H and O–H groups in total. The van der Waals surface area contributed by atoms with Crippen molar-refractivity contribution in [1.82, 2.24) is 9.47 Å². The van der Waals surface area contributed by atoms with E-state index in [1.165, 1.54) is 11.7 Å². The topological polar surface area (TPSA) is 51.5 Å². The van der Waals surface area contributed by atoms with Gasteiger partial charge in [0.05, 0.1) is 7.11 Å². The molecule has 1 amide bonds. The predicted octanol–water partition coefficient (Wildman–Crippen LogP) is 1.04. The first kappa shape index (κ1) is 12.7. The summed E-state index contributed by atoms with van der Waals surface area (Å²) in [6.07, 6.45) is 3.72. The number of pyridine rings is 1. The Hall–Kier alpha value is -1.78. The lowest BCUT2D eigenvalue weighted by atomic mass is 10.2. The summed E-state index contributed by atoms with van der Waals surface area (Å²) in [6.45, 7) is 3.34. The van der Waals surface area contributed by atoms with Crippen LogP contribution in [0.2, 0.25) is 0 Å². The van der Waals surface area contributed by atoms with E-state index in [-0.39, 0.29) is 17.2 Å². The molecule has 5 nitrogen and oxygen atoms in total. The molecular weight excluding hydrogens is 232 g/mol. The third-order valence-corrected chi connectivity index (χ3v) is 3.35. The predicted molar refractivity (Wildman–Crippen MR) is 67.8 cm³/mol. The summed E-state index contributed by atoms with van der Waals surface area (Å²) in [4.78, 5) is 26.1. The smallest absolute Gasteiger partial charge is 0.293 e. The number of hydrogen-bond donors (Lipinski definition) is 0. The van der Waals surface area contributed by atoms with Crippen molar-refractivity contribution in [3.8, 4) is 5.75 Å². The van der Waals surface area contributed by atoms with Gasteiger partial charge in [0.25, 0.3) is 5.56 Å². The van der Waals surface area contributed by atoms with Crippen molar-refractivity contribution in [2.45, 2.75) is 25.8 Å². The van der Waals surface area contributed by atoms with Crippen LogP contribution in [-0.2, 0) is 4.79 Å². The Balaban J connectivity index is 2.25. The molecule has 1 fully saturated rings. The van der Waals surface area contributed by atoms with Crippen LogP contribution in [0, 0.1) is 0 Å². The Morgan fingerprint density at radius 3 is 2.67 bits per heavy atom. The van der Waals surface area contributed by atoms with Gasteiger partial charge in [0.15, 0.2) is 5.75 Å². The van der Waals surface area contributed by atoms with Crippen LogP contribution >= 0.6 is 0 Å². The molecule has 98 valence electrons. The van der Waals surface area contributed by atoms with Gasteiger partial charge in [-0.15, -0.1) is 0 Å². The number of hydrogen-bond acceptors (Lipinski definition) is 3. The molecule has 0 aromatic carbocycles. The van der Waals surface area contributed by atoms with Crippen molar-refractivity contribution < 1.29 is 9.53 Å². The van der Waals surface area contributed by atoms with Crippen LogP contribution in [0.4, 0.5) is 0 Å². The minimum absolute atomic E-state index is 0.00264. The molecule has 1 saturated heterocycles. The summed E-state index contributed by atoms with van der Waals surface area (Å²) in [5.41, 5.74) is -0.264. The molecule has 18 heavy (non-hydrogen) atoms. The first-order valence-corrected chi connectivity index (χ1v) is 6.19. The van der Waals surface area contributed by atoms with E-state index in [9.17, 15) is 9.59 Å². The molecule has 0 saturated carbocycles. The maximum absolute atomic E-state index is 12.2. The van der Waals surface area contributed by atoms with E-state index >= 15 is 0 Å². The number of nitrogens with zero attached hydrogens (tertiary/aromatic N) is 2. The number of methoxy groups -OCH3 is 1. The second-order valence-electron chi connectivity index (χ2n) is 4.50. The summed E-state index contributed by atoms with van der Waals surface area (Å²) in [5, 5.41) is 0. The standard InChI is InChI=1S/C13H18N2O3/c1-10(12(16)14-7-3-4-8-14)15-9-5-6-11(18-2)13(15)17/h5-6,9-10H,3-4,7-8H2,1-2H3/t10-/m1/s1. The number of carbonyl (C=O) groups is 1. The Kier molecular flexibility index (Phi) is 3.69. The molecule has 0 spiro atoms. The van der Waals surface area contributed by atoms with E-state index in [1.807, 2.05) is 4.90 Å². The Morgan fingerprint density at radius 1 is 1.39 bits per heavy atom. The van der Waals surface area contributed by atoms with Crippen LogP contribution in [0.1, 0.15) is 25.8 Å². The van der Waals surface area contributed by atoms with E-state index in [2.05, 4.69) is 0 Å². The largest absolute Gasteiger partial charge is 0.491 e. The molecule has 1 aromatic rings. The fourth-order valence-corrected chi connectivity index (χ4v) is 2.27. The highest BCUT2D eigenvalue weighted by Crippen LogP contribution is 2.15. The molecule has 1 atom stereocenters. The van der Waals surface area contributed by atoms with E-state index in [1.54, 1.807) is 25.3 Å². The minimum atomic E-state index is -0.481. The second-order valence-corrected chi connectivity index (χ2v) is 4.50. The van der Waals surface area contributed by atoms with Crippen LogP contribution in [0.25, 0.3) is 0 Å². The van der Waals surface area contributed by atoms with E-state index < -0.39 is 6.04 Å². The first-order chi connectivity index (χ1) is 8.65. The van der Waals surface area contributed by atoms with E-state index in [0.29, 0.717) is 0 Å². The average molecular weight is 250 g/mol. The molecule has 2 heterocycles. The van der Waals surface area contributed by atoms with Gasteiger partial charge in [0.2, 0.25) is 5.91 Å². The number of amides is 1. The van der Waals surface area contributed by atoms with Crippen molar-refractivity contribution in [1.29, 1.82) is 0 Å². The first-order valence-electron chi connectivity index (χ1n) is 6.19. The van der Waals surface area contributed by atoms with Gasteiger partial charge in [0.1, 0.15) is 6.04 Å². The summed E-state index contributed by atoms with van der Waals surface area (Å²) < 4.78 is 6.41. The highest BCUT2D eigenvalue weighted by molar-refractivity contribution is 5.80. The van der Waals surface area contributed by atoms with E-state index in [0.717, 1.165) is 25.9 Å². The third kappa shape index (κ3) is 2.25. The average Bonchev–Trinajstić information content (AvgIpc) is 2.91. The monoisotopic (exact) mass is 250 g/mol. The van der Waals surface area contributed by atoms with Crippen LogP contribution < -0.4 is 10.3 Å². The van der Waals surface area contributed by atoms with Crippen molar-refractivity contribution >= 4 is 5.91 Å². The van der Waals surface area contributed by atoms with E-state index in [4.69, 9.17) is 4.74 Å². The van der Waals surface area contributed by atoms with Crippen molar-refractivity contribution in [2.24, 2.45) is 0 Å². The number of likely N-dealkylation sites (tertiary alicyclic amines) is 1. The van der Waals surface area contributed by atoms with Crippen molar-refractivity contribution in [3.63, 3.8) is 0 Å². The number of carbonyl (C=O) groups excluding carboxylic acids is 1. The zero-order valence-corrected chi connectivity index (χ0v) is 10.8. The fourth-order valence-electron chi connectivity index (χ4n) is 2.27. The highest BCUT2D eigenvalue weighted by Gasteiger charge is 2.25. The molecule has 0 bridgehead atoms. The Bertz CT molecular complexity index is 489. The molecule has 1 aliphatic heterocycles. The maximum atomic E-state index is 12.2. The van der Waals surface area contributed by atoms with Gasteiger partial charge >= 0.3 is 0 Å². The summed E-state index contributed by atoms with van der Waals surface area (Å²) >= 11 is 0. The second kappa shape index (κ2) is 5.25. The maximum Gasteiger partial charge on any atom is 0.293 e. The van der Waals surface area contributed by atoms with Crippen molar-refractivity contribution in [2.75, 3.05) is 20.2 Å². The van der Waals surface area contributed by atoms with Crippen LogP contribution in [0.3, 0.4) is 0 Å². The zero-order valence-electron chi connectivity index (χ0n) is 10.8. The number of rotatable bonds is 3. The lowest BCUT2D eigenvalue weighted by molar-refractivity contribution is -0.133. The van der Waals surface area contributed by atoms with Crippen LogP contribution in [0.5, 0.6) is 5.75 Å². The molecule has 0 unspecified atom stereocenters. The molecule has 5 heteroatoms. The minimum Gasteiger partial charge on any atom is -0.491 e. The molecule has 0 aliphatic carbocycles. The quantitative estimate of drug-likeness (QED) is 0.805. The fraction of sp³-hybridized carbons (Fsp3) is 0.538. The van der Waals surface area contributed by atoms with Gasteiger partial charge in [-0.25, -0.2) is 0 Å². The van der Waals surface area contributed by atoms with Gasteiger partial charge in [-0.1, -0.05) is 0 Å². The van der Waals surface area contributed by atoms with Crippen molar-refractivity contribution in [3.05, 3.63) is 28.7 Å². The summed E-state index contributed by atoms with van der Waals surface area (Å²) in [7, 11) is 1.45. The van der Waals surface area contributed by atoms with Gasteiger partial charge in [-0.2, -0.15) is 0 Å². The van der Waals surface area contributed by atoms with Gasteiger partial charge in [-0.05, 0) is 31.9 Å². The lowest BCUT2D eigenvalue weighted by Gasteiger charge is -2.22. The molecule has 2 rings (SSSR count). The summed E-state index contributed by atoms with van der Waals surface area (Å²) in [6, 6.07) is 2.84. The molecule has 1 aliphatic rings. The number of aromatic nitrogens is 1. The zero-order chi connectivity index (χ0) is 13.1. The van der Waals surface area contributed by atoms with Crippen LogP contribution in [-0.4, -0.2) is 35.6 Å². The van der Waals surface area contributed by atoms with Gasteiger partial charge < -0.3 is 14.2 Å².